The average molecular weight is 307 g/mol. The van der Waals surface area contributed by atoms with Crippen LogP contribution in [0.5, 0.6) is 0 Å². The maximum absolute atomic E-state index is 12.1. The van der Waals surface area contributed by atoms with Crippen molar-refractivity contribution in [3.8, 4) is 0 Å². The number of amides is 1. The lowest BCUT2D eigenvalue weighted by Crippen LogP contribution is -2.15. The summed E-state index contributed by atoms with van der Waals surface area (Å²) in [6.07, 6.45) is 2.45. The molecule has 102 valence electrons. The number of hydrogen-bond donors (Lipinski definition) is 1. The molecule has 3 rings (SSSR count). The van der Waals surface area contributed by atoms with E-state index in [1.54, 1.807) is 24.4 Å². The van der Waals surface area contributed by atoms with Gasteiger partial charge in [0.25, 0.3) is 0 Å². The number of rotatable bonds is 3. The summed E-state index contributed by atoms with van der Waals surface area (Å²) in [5, 5.41) is 4.04. The molecule has 1 aliphatic carbocycles. The smallest absolute Gasteiger partial charge is 0.229 e. The van der Waals surface area contributed by atoms with Crippen LogP contribution in [0.25, 0.3) is 0 Å². The fourth-order valence-electron chi connectivity index (χ4n) is 2.29. The second kappa shape index (κ2) is 5.43. The summed E-state index contributed by atoms with van der Waals surface area (Å²) in [6, 6.07) is 10.8. The van der Waals surface area contributed by atoms with Crippen LogP contribution in [0.3, 0.4) is 0 Å². The minimum absolute atomic E-state index is 0.0142. The summed E-state index contributed by atoms with van der Waals surface area (Å²) >= 11 is 12.0. The van der Waals surface area contributed by atoms with Gasteiger partial charge in [0.15, 0.2) is 0 Å². The summed E-state index contributed by atoms with van der Waals surface area (Å²) in [4.78, 5) is 16.2. The van der Waals surface area contributed by atoms with Gasteiger partial charge in [-0.3, -0.25) is 4.79 Å². The molecule has 0 aliphatic heterocycles. The van der Waals surface area contributed by atoms with Crippen molar-refractivity contribution < 1.29 is 4.79 Å². The van der Waals surface area contributed by atoms with Crippen LogP contribution in [0.15, 0.2) is 42.6 Å². The van der Waals surface area contributed by atoms with Gasteiger partial charge in [0.2, 0.25) is 5.91 Å². The lowest BCUT2D eigenvalue weighted by Gasteiger charge is -2.05. The largest absolute Gasteiger partial charge is 0.310 e. The number of halogens is 2. The first-order chi connectivity index (χ1) is 9.65. The first-order valence-corrected chi connectivity index (χ1v) is 7.07. The van der Waals surface area contributed by atoms with Crippen molar-refractivity contribution in [2.24, 2.45) is 5.92 Å². The van der Waals surface area contributed by atoms with E-state index in [1.165, 1.54) is 0 Å². The zero-order valence-corrected chi connectivity index (χ0v) is 12.0. The van der Waals surface area contributed by atoms with E-state index in [2.05, 4.69) is 10.3 Å². The number of anilines is 1. The number of hydrogen-bond acceptors (Lipinski definition) is 2. The second-order valence-corrected chi connectivity index (χ2v) is 5.66. The van der Waals surface area contributed by atoms with Gasteiger partial charge in [0, 0.05) is 22.2 Å². The van der Waals surface area contributed by atoms with E-state index in [-0.39, 0.29) is 17.7 Å². The topological polar surface area (TPSA) is 42.0 Å². The lowest BCUT2D eigenvalue weighted by molar-refractivity contribution is -0.117. The molecule has 3 nitrogen and oxygen atoms in total. The fraction of sp³-hybridized carbons (Fsp3) is 0.200. The molecule has 1 aliphatic rings. The summed E-state index contributed by atoms with van der Waals surface area (Å²) < 4.78 is 0. The van der Waals surface area contributed by atoms with Crippen molar-refractivity contribution in [3.63, 3.8) is 0 Å². The zero-order valence-electron chi connectivity index (χ0n) is 10.5. The van der Waals surface area contributed by atoms with Crippen LogP contribution in [0.1, 0.15) is 17.9 Å². The van der Waals surface area contributed by atoms with Gasteiger partial charge in [-0.2, -0.15) is 0 Å². The standard InChI is InChI=1S/C15H12Cl2N2O/c16-9-4-5-10(13(17)7-9)11-8-12(11)15(20)19-14-3-1-2-6-18-14/h1-7,11-12H,8H2,(H,18,19,20). The van der Waals surface area contributed by atoms with Gasteiger partial charge in [-0.15, -0.1) is 0 Å². The molecule has 0 radical (unpaired) electrons. The summed E-state index contributed by atoms with van der Waals surface area (Å²) in [6.45, 7) is 0. The number of carbonyl (C=O) groups is 1. The fourth-order valence-corrected chi connectivity index (χ4v) is 2.83. The third kappa shape index (κ3) is 2.79. The van der Waals surface area contributed by atoms with E-state index in [4.69, 9.17) is 23.2 Å². The monoisotopic (exact) mass is 306 g/mol. The molecular formula is C15H12Cl2N2O. The maximum atomic E-state index is 12.1. The molecule has 20 heavy (non-hydrogen) atoms. The highest BCUT2D eigenvalue weighted by Crippen LogP contribution is 2.50. The van der Waals surface area contributed by atoms with Crippen LogP contribution in [-0.2, 0) is 4.79 Å². The molecule has 1 aromatic carbocycles. The molecule has 1 amide bonds. The van der Waals surface area contributed by atoms with E-state index in [0.29, 0.717) is 15.9 Å². The van der Waals surface area contributed by atoms with E-state index >= 15 is 0 Å². The maximum Gasteiger partial charge on any atom is 0.229 e. The number of benzene rings is 1. The van der Waals surface area contributed by atoms with Crippen LogP contribution in [-0.4, -0.2) is 10.9 Å². The summed E-state index contributed by atoms with van der Waals surface area (Å²) in [7, 11) is 0. The minimum atomic E-state index is -0.0457. The van der Waals surface area contributed by atoms with Crippen molar-refractivity contribution in [1.82, 2.24) is 4.98 Å². The molecule has 0 spiro atoms. The van der Waals surface area contributed by atoms with Crippen LogP contribution < -0.4 is 5.32 Å². The number of aromatic nitrogens is 1. The van der Waals surface area contributed by atoms with Crippen molar-refractivity contribution in [2.45, 2.75) is 12.3 Å². The molecule has 1 N–H and O–H groups in total. The quantitative estimate of drug-likeness (QED) is 0.926. The highest BCUT2D eigenvalue weighted by molar-refractivity contribution is 6.35. The molecule has 2 atom stereocenters. The van der Waals surface area contributed by atoms with Crippen molar-refractivity contribution >= 4 is 34.9 Å². The molecule has 1 aromatic heterocycles. The molecule has 1 heterocycles. The van der Waals surface area contributed by atoms with Crippen LogP contribution >= 0.6 is 23.2 Å². The van der Waals surface area contributed by atoms with Crippen LogP contribution in [0.4, 0.5) is 5.82 Å². The normalized spacial score (nSPS) is 20.5. The third-order valence-electron chi connectivity index (χ3n) is 3.41. The van der Waals surface area contributed by atoms with Gasteiger partial charge in [0.1, 0.15) is 5.82 Å². The molecule has 5 heteroatoms. The minimum Gasteiger partial charge on any atom is -0.310 e. The highest BCUT2D eigenvalue weighted by atomic mass is 35.5. The Morgan fingerprint density at radius 2 is 2.10 bits per heavy atom. The third-order valence-corrected chi connectivity index (χ3v) is 3.97. The lowest BCUT2D eigenvalue weighted by atomic mass is 10.1. The predicted molar refractivity (Wildman–Crippen MR) is 80.2 cm³/mol. The van der Waals surface area contributed by atoms with Crippen molar-refractivity contribution in [2.75, 3.05) is 5.32 Å². The van der Waals surface area contributed by atoms with Gasteiger partial charge in [-0.05, 0) is 42.2 Å². The Bertz CT molecular complexity index is 646. The van der Waals surface area contributed by atoms with Gasteiger partial charge < -0.3 is 5.32 Å². The van der Waals surface area contributed by atoms with Crippen LogP contribution in [0, 0.1) is 5.92 Å². The number of pyridine rings is 1. The van der Waals surface area contributed by atoms with Gasteiger partial charge in [-0.1, -0.05) is 35.3 Å². The van der Waals surface area contributed by atoms with Crippen LogP contribution in [0.2, 0.25) is 10.0 Å². The molecule has 1 fully saturated rings. The first kappa shape index (κ1) is 13.4. The van der Waals surface area contributed by atoms with E-state index in [0.717, 1.165) is 12.0 Å². The molecule has 2 aromatic rings. The SMILES string of the molecule is O=C(Nc1ccccn1)C1CC1c1ccc(Cl)cc1Cl. The number of nitrogens with zero attached hydrogens (tertiary/aromatic N) is 1. The Balaban J connectivity index is 1.68. The first-order valence-electron chi connectivity index (χ1n) is 6.32. The Hall–Kier alpha value is -1.58. The van der Waals surface area contributed by atoms with Gasteiger partial charge in [-0.25, -0.2) is 4.98 Å². The van der Waals surface area contributed by atoms with Crippen molar-refractivity contribution in [1.29, 1.82) is 0 Å². The van der Waals surface area contributed by atoms with Gasteiger partial charge in [0.05, 0.1) is 0 Å². The van der Waals surface area contributed by atoms with E-state index in [9.17, 15) is 4.79 Å². The Morgan fingerprint density at radius 1 is 1.25 bits per heavy atom. The van der Waals surface area contributed by atoms with E-state index < -0.39 is 0 Å². The number of carbonyl (C=O) groups excluding carboxylic acids is 1. The van der Waals surface area contributed by atoms with Gasteiger partial charge >= 0.3 is 0 Å². The van der Waals surface area contributed by atoms with Crippen molar-refractivity contribution in [3.05, 3.63) is 58.2 Å². The molecule has 2 unspecified atom stereocenters. The summed E-state index contributed by atoms with van der Waals surface area (Å²) in [5.41, 5.74) is 0.984. The predicted octanol–water partition coefficient (Wildman–Crippen LogP) is 4.13. The Kier molecular flexibility index (Phi) is 3.64. The molecule has 0 bridgehead atoms. The Labute approximate surface area is 126 Å². The molecule has 1 saturated carbocycles. The molecule has 0 saturated heterocycles. The zero-order chi connectivity index (χ0) is 14.1. The van der Waals surface area contributed by atoms with E-state index in [1.807, 2.05) is 18.2 Å². The average Bonchev–Trinajstić information content (AvgIpc) is 3.20. The molecular weight excluding hydrogens is 295 g/mol. The second-order valence-electron chi connectivity index (χ2n) is 4.82. The summed E-state index contributed by atoms with van der Waals surface area (Å²) in [5.74, 6) is 0.684. The Morgan fingerprint density at radius 3 is 2.80 bits per heavy atom. The number of nitrogens with one attached hydrogen (secondary N) is 1. The highest BCUT2D eigenvalue weighted by Gasteiger charge is 2.44.